The number of hydrogen-bond donors (Lipinski definition) is 0. The van der Waals surface area contributed by atoms with Crippen LogP contribution in [-0.2, 0) is 12.3 Å². The van der Waals surface area contributed by atoms with Crippen LogP contribution in [0.2, 0.25) is 5.02 Å². The van der Waals surface area contributed by atoms with E-state index in [2.05, 4.69) is 11.9 Å². The number of unbranched alkanes of at least 4 members (excludes halogenated alkanes) is 2. The Kier molecular flexibility index (Phi) is 6.15. The minimum Gasteiger partial charge on any atom is -0.286 e. The second-order valence-electron chi connectivity index (χ2n) is 5.68. The highest BCUT2D eigenvalue weighted by Gasteiger charge is 2.14. The second-order valence-corrected chi connectivity index (χ2v) is 7.95. The molecule has 7 heteroatoms. The monoisotopic (exact) mass is 396 g/mol. The summed E-state index contributed by atoms with van der Waals surface area (Å²) in [6, 6.07) is 6.50. The van der Waals surface area contributed by atoms with E-state index in [-0.39, 0.29) is 11.4 Å². The van der Waals surface area contributed by atoms with Crippen LogP contribution < -0.4 is 5.56 Å². The molecule has 0 aliphatic heterocycles. The summed E-state index contributed by atoms with van der Waals surface area (Å²) in [4.78, 5) is 17.4. The fourth-order valence-corrected chi connectivity index (χ4v) is 4.70. The van der Waals surface area contributed by atoms with E-state index in [4.69, 9.17) is 11.6 Å². The van der Waals surface area contributed by atoms with Gasteiger partial charge in [-0.15, -0.1) is 11.3 Å². The number of fused-ring (bicyclic) bond motifs is 1. The van der Waals surface area contributed by atoms with Crippen LogP contribution >= 0.6 is 34.7 Å². The molecule has 0 spiro atoms. The van der Waals surface area contributed by atoms with E-state index < -0.39 is 0 Å². The Morgan fingerprint density at radius 3 is 2.92 bits per heavy atom. The van der Waals surface area contributed by atoms with Crippen molar-refractivity contribution in [3.63, 3.8) is 0 Å². The number of thioether (sulfide) groups is 1. The number of hydrogen-bond acceptors (Lipinski definition) is 4. The van der Waals surface area contributed by atoms with Crippen LogP contribution in [0.3, 0.4) is 0 Å². The van der Waals surface area contributed by atoms with E-state index in [9.17, 15) is 9.18 Å². The maximum absolute atomic E-state index is 14.0. The summed E-state index contributed by atoms with van der Waals surface area (Å²) >= 11 is 8.87. The molecule has 3 nitrogen and oxygen atoms in total. The quantitative estimate of drug-likeness (QED) is 0.290. The first-order valence-corrected chi connectivity index (χ1v) is 10.4. The lowest BCUT2D eigenvalue weighted by Gasteiger charge is -2.12. The van der Waals surface area contributed by atoms with Gasteiger partial charge in [-0.2, -0.15) is 0 Å². The topological polar surface area (TPSA) is 34.9 Å². The number of thiophene rings is 1. The van der Waals surface area contributed by atoms with Crippen molar-refractivity contribution in [2.75, 3.05) is 0 Å². The fraction of sp³-hybridized carbons (Fsp3) is 0.333. The van der Waals surface area contributed by atoms with Gasteiger partial charge < -0.3 is 0 Å². The van der Waals surface area contributed by atoms with Gasteiger partial charge in [0, 0.05) is 22.9 Å². The molecule has 0 saturated heterocycles. The zero-order chi connectivity index (χ0) is 17.8. The first-order chi connectivity index (χ1) is 12.1. The summed E-state index contributed by atoms with van der Waals surface area (Å²) in [5.74, 6) is -0.00189. The normalized spacial score (nSPS) is 11.3. The van der Waals surface area contributed by atoms with E-state index in [1.54, 1.807) is 16.7 Å². The molecule has 1 aromatic carbocycles. The fourth-order valence-electron chi connectivity index (χ4n) is 2.56. The molecule has 0 radical (unpaired) electrons. The van der Waals surface area contributed by atoms with Gasteiger partial charge in [0.05, 0.1) is 5.52 Å². The average molecular weight is 397 g/mol. The van der Waals surface area contributed by atoms with Crippen molar-refractivity contribution in [3.05, 3.63) is 56.4 Å². The Bertz CT molecular complexity index is 918. The summed E-state index contributed by atoms with van der Waals surface area (Å²) in [5, 5.41) is 2.88. The van der Waals surface area contributed by atoms with Gasteiger partial charge in [0.1, 0.15) is 10.5 Å². The minimum absolute atomic E-state index is 0.0155. The lowest BCUT2D eigenvalue weighted by molar-refractivity contribution is 0.542. The molecule has 2 aromatic heterocycles. The van der Waals surface area contributed by atoms with Gasteiger partial charge in [-0.3, -0.25) is 9.36 Å². The Balaban J connectivity index is 1.93. The molecule has 25 heavy (non-hydrogen) atoms. The SMILES string of the molecule is CCCCCn1c(SCc2c(F)cccc2Cl)nc2ccsc2c1=O. The third-order valence-corrected chi connectivity index (χ3v) is 6.17. The lowest BCUT2D eigenvalue weighted by Crippen LogP contribution is -2.22. The van der Waals surface area contributed by atoms with Gasteiger partial charge in [0.2, 0.25) is 0 Å². The molecule has 0 aliphatic carbocycles. The zero-order valence-electron chi connectivity index (χ0n) is 13.8. The number of rotatable bonds is 7. The number of aromatic nitrogens is 2. The van der Waals surface area contributed by atoms with Gasteiger partial charge in [0.15, 0.2) is 5.16 Å². The molecular weight excluding hydrogens is 379 g/mol. The second kappa shape index (κ2) is 8.34. The van der Waals surface area contributed by atoms with E-state index in [1.165, 1.54) is 29.2 Å². The lowest BCUT2D eigenvalue weighted by atomic mass is 10.2. The molecule has 0 bridgehead atoms. The molecule has 0 unspecified atom stereocenters. The molecular formula is C18H18ClFN2OS2. The molecule has 2 heterocycles. The van der Waals surface area contributed by atoms with Crippen LogP contribution in [-0.4, -0.2) is 9.55 Å². The summed E-state index contributed by atoms with van der Waals surface area (Å²) in [7, 11) is 0. The van der Waals surface area contributed by atoms with Crippen LogP contribution in [0.4, 0.5) is 4.39 Å². The van der Waals surface area contributed by atoms with E-state index in [0.29, 0.717) is 38.3 Å². The van der Waals surface area contributed by atoms with E-state index >= 15 is 0 Å². The van der Waals surface area contributed by atoms with Gasteiger partial charge in [0.25, 0.3) is 5.56 Å². The van der Waals surface area contributed by atoms with Crippen LogP contribution in [0.25, 0.3) is 10.2 Å². The van der Waals surface area contributed by atoms with Gasteiger partial charge in [-0.05, 0) is 30.0 Å². The van der Waals surface area contributed by atoms with Crippen LogP contribution in [0.1, 0.15) is 31.7 Å². The highest BCUT2D eigenvalue weighted by Crippen LogP contribution is 2.28. The number of nitrogens with zero attached hydrogens (tertiary/aromatic N) is 2. The third kappa shape index (κ3) is 4.07. The van der Waals surface area contributed by atoms with Crippen molar-refractivity contribution in [1.29, 1.82) is 0 Å². The van der Waals surface area contributed by atoms with Crippen molar-refractivity contribution in [2.24, 2.45) is 0 Å². The van der Waals surface area contributed by atoms with Gasteiger partial charge >= 0.3 is 0 Å². The Morgan fingerprint density at radius 2 is 2.16 bits per heavy atom. The largest absolute Gasteiger partial charge is 0.286 e. The Labute approximate surface area is 158 Å². The predicted molar refractivity (Wildman–Crippen MR) is 104 cm³/mol. The average Bonchev–Trinajstić information content (AvgIpc) is 3.05. The Hall–Kier alpha value is -1.37. The number of benzene rings is 1. The van der Waals surface area contributed by atoms with Crippen molar-refractivity contribution in [1.82, 2.24) is 9.55 Å². The predicted octanol–water partition coefficient (Wildman–Crippen LogP) is 5.73. The standard InChI is InChI=1S/C18H18ClFN2OS2/c1-2-3-4-9-22-17(23)16-15(8-10-24-16)21-18(22)25-11-12-13(19)6-5-7-14(12)20/h5-8,10H,2-4,9,11H2,1H3. The molecule has 0 aliphatic rings. The van der Waals surface area contributed by atoms with Crippen molar-refractivity contribution in [2.45, 2.75) is 43.6 Å². The summed E-state index contributed by atoms with van der Waals surface area (Å²) in [6.07, 6.45) is 3.05. The molecule has 0 amide bonds. The van der Waals surface area contributed by atoms with Crippen LogP contribution in [0, 0.1) is 5.82 Å². The van der Waals surface area contributed by atoms with Gasteiger partial charge in [-0.25, -0.2) is 9.37 Å². The zero-order valence-corrected chi connectivity index (χ0v) is 16.2. The first kappa shape index (κ1) is 18.4. The maximum atomic E-state index is 14.0. The first-order valence-electron chi connectivity index (χ1n) is 8.15. The van der Waals surface area contributed by atoms with E-state index in [0.717, 1.165) is 19.3 Å². The maximum Gasteiger partial charge on any atom is 0.272 e. The Morgan fingerprint density at radius 1 is 1.32 bits per heavy atom. The third-order valence-electron chi connectivity index (χ3n) is 3.92. The van der Waals surface area contributed by atoms with Crippen molar-refractivity contribution < 1.29 is 4.39 Å². The van der Waals surface area contributed by atoms with Crippen LogP contribution in [0.15, 0.2) is 39.6 Å². The highest BCUT2D eigenvalue weighted by molar-refractivity contribution is 7.98. The molecule has 0 saturated carbocycles. The molecule has 3 rings (SSSR count). The summed E-state index contributed by atoms with van der Waals surface area (Å²) in [6.45, 7) is 2.75. The molecule has 0 atom stereocenters. The molecule has 132 valence electrons. The number of halogens is 2. The molecule has 3 aromatic rings. The summed E-state index contributed by atoms with van der Waals surface area (Å²) in [5.41, 5.74) is 1.12. The van der Waals surface area contributed by atoms with Gasteiger partial charge in [-0.1, -0.05) is 49.2 Å². The molecule has 0 N–H and O–H groups in total. The highest BCUT2D eigenvalue weighted by atomic mass is 35.5. The smallest absolute Gasteiger partial charge is 0.272 e. The summed E-state index contributed by atoms with van der Waals surface area (Å²) < 4.78 is 16.4. The minimum atomic E-state index is -0.337. The van der Waals surface area contributed by atoms with Crippen LogP contribution in [0.5, 0.6) is 0 Å². The molecule has 0 fully saturated rings. The van der Waals surface area contributed by atoms with Crippen molar-refractivity contribution >= 4 is 44.9 Å². The van der Waals surface area contributed by atoms with Crippen molar-refractivity contribution in [3.8, 4) is 0 Å². The van der Waals surface area contributed by atoms with E-state index in [1.807, 2.05) is 11.4 Å².